The van der Waals surface area contributed by atoms with E-state index in [1.54, 1.807) is 5.57 Å². The van der Waals surface area contributed by atoms with Crippen molar-refractivity contribution < 1.29 is 0 Å². The number of nitriles is 1. The fourth-order valence-corrected chi connectivity index (χ4v) is 3.08. The molecule has 2 unspecified atom stereocenters. The minimum atomic E-state index is 0.254. The van der Waals surface area contributed by atoms with Gasteiger partial charge in [-0.05, 0) is 51.5 Å². The maximum absolute atomic E-state index is 9.11. The molecule has 0 spiro atoms. The molecule has 0 saturated heterocycles. The molecule has 0 aromatic heterocycles. The van der Waals surface area contributed by atoms with E-state index in [4.69, 9.17) is 5.26 Å². The molecule has 94 valence electrons. The summed E-state index contributed by atoms with van der Waals surface area (Å²) in [5.74, 6) is 0.254. The first-order valence-corrected chi connectivity index (χ1v) is 7.21. The summed E-state index contributed by atoms with van der Waals surface area (Å²) in [6, 6.07) is 2.92. The van der Waals surface area contributed by atoms with Crippen molar-refractivity contribution in [3.63, 3.8) is 0 Å². The summed E-state index contributed by atoms with van der Waals surface area (Å²) < 4.78 is 0. The third kappa shape index (κ3) is 3.85. The first-order valence-electron chi connectivity index (χ1n) is 7.21. The highest BCUT2D eigenvalue weighted by molar-refractivity contribution is 5.05. The van der Waals surface area contributed by atoms with Gasteiger partial charge < -0.3 is 5.32 Å². The number of hydrogen-bond acceptors (Lipinski definition) is 2. The first kappa shape index (κ1) is 12.6. The van der Waals surface area contributed by atoms with Crippen molar-refractivity contribution in [2.45, 2.75) is 63.8 Å². The van der Waals surface area contributed by atoms with Crippen LogP contribution in [0.4, 0.5) is 0 Å². The monoisotopic (exact) mass is 232 g/mol. The summed E-state index contributed by atoms with van der Waals surface area (Å²) in [4.78, 5) is 0. The van der Waals surface area contributed by atoms with Gasteiger partial charge in [-0.3, -0.25) is 0 Å². The van der Waals surface area contributed by atoms with Crippen molar-refractivity contribution in [1.29, 1.82) is 5.26 Å². The Morgan fingerprint density at radius 1 is 1.24 bits per heavy atom. The van der Waals surface area contributed by atoms with E-state index < -0.39 is 0 Å². The van der Waals surface area contributed by atoms with Crippen LogP contribution in [0.25, 0.3) is 0 Å². The zero-order valence-corrected chi connectivity index (χ0v) is 10.8. The number of rotatable bonds is 4. The van der Waals surface area contributed by atoms with E-state index in [2.05, 4.69) is 17.5 Å². The van der Waals surface area contributed by atoms with Crippen molar-refractivity contribution in [2.24, 2.45) is 5.92 Å². The Balaban J connectivity index is 1.70. The largest absolute Gasteiger partial charge is 0.312 e. The van der Waals surface area contributed by atoms with E-state index in [9.17, 15) is 0 Å². The predicted molar refractivity (Wildman–Crippen MR) is 70.5 cm³/mol. The molecule has 0 aromatic carbocycles. The summed E-state index contributed by atoms with van der Waals surface area (Å²) in [7, 11) is 0. The lowest BCUT2D eigenvalue weighted by atomic mass is 9.85. The van der Waals surface area contributed by atoms with Crippen LogP contribution in [0.2, 0.25) is 0 Å². The third-order valence-electron chi connectivity index (χ3n) is 4.17. The second kappa shape index (κ2) is 6.81. The second-order valence-corrected chi connectivity index (χ2v) is 5.44. The molecule has 1 fully saturated rings. The molecule has 17 heavy (non-hydrogen) atoms. The van der Waals surface area contributed by atoms with E-state index in [1.165, 1.54) is 51.4 Å². The lowest BCUT2D eigenvalue weighted by molar-refractivity contribution is 0.314. The van der Waals surface area contributed by atoms with Crippen molar-refractivity contribution in [2.75, 3.05) is 6.54 Å². The molecule has 0 radical (unpaired) electrons. The van der Waals surface area contributed by atoms with Gasteiger partial charge >= 0.3 is 0 Å². The number of hydrogen-bond donors (Lipinski definition) is 1. The van der Waals surface area contributed by atoms with Crippen LogP contribution in [-0.2, 0) is 0 Å². The van der Waals surface area contributed by atoms with Gasteiger partial charge in [-0.1, -0.05) is 24.5 Å². The highest BCUT2D eigenvalue weighted by Crippen LogP contribution is 2.24. The molecule has 2 aliphatic carbocycles. The van der Waals surface area contributed by atoms with Crippen molar-refractivity contribution in [3.05, 3.63) is 11.6 Å². The van der Waals surface area contributed by atoms with E-state index >= 15 is 0 Å². The Morgan fingerprint density at radius 2 is 2.12 bits per heavy atom. The van der Waals surface area contributed by atoms with Gasteiger partial charge in [0.05, 0.1) is 12.0 Å². The lowest BCUT2D eigenvalue weighted by Crippen LogP contribution is -2.38. The Morgan fingerprint density at radius 3 is 2.88 bits per heavy atom. The zero-order valence-electron chi connectivity index (χ0n) is 10.8. The SMILES string of the molecule is N#CC1CCCCC1NCCC1=CCCCC1. The van der Waals surface area contributed by atoms with Crippen molar-refractivity contribution >= 4 is 0 Å². The second-order valence-electron chi connectivity index (χ2n) is 5.44. The third-order valence-corrected chi connectivity index (χ3v) is 4.17. The highest BCUT2D eigenvalue weighted by Gasteiger charge is 2.23. The summed E-state index contributed by atoms with van der Waals surface area (Å²) in [6.45, 7) is 1.06. The topological polar surface area (TPSA) is 35.8 Å². The van der Waals surface area contributed by atoms with Crippen LogP contribution in [-0.4, -0.2) is 12.6 Å². The molecule has 0 aliphatic heterocycles. The van der Waals surface area contributed by atoms with Gasteiger partial charge in [-0.2, -0.15) is 5.26 Å². The number of allylic oxidation sites excluding steroid dienone is 1. The Hall–Kier alpha value is -0.810. The fourth-order valence-electron chi connectivity index (χ4n) is 3.08. The first-order chi connectivity index (χ1) is 8.40. The predicted octanol–water partition coefficient (Wildman–Crippen LogP) is 3.55. The standard InChI is InChI=1S/C15H24N2/c16-12-14-8-4-5-9-15(14)17-11-10-13-6-2-1-3-7-13/h6,14-15,17H,1-5,7-11H2. The van der Waals surface area contributed by atoms with Crippen LogP contribution >= 0.6 is 0 Å². The normalized spacial score (nSPS) is 29.5. The molecule has 1 saturated carbocycles. The quantitative estimate of drug-likeness (QED) is 0.752. The summed E-state index contributed by atoms with van der Waals surface area (Å²) >= 11 is 0. The van der Waals surface area contributed by atoms with E-state index in [0.29, 0.717) is 6.04 Å². The lowest BCUT2D eigenvalue weighted by Gasteiger charge is -2.28. The van der Waals surface area contributed by atoms with Crippen LogP contribution in [0, 0.1) is 17.2 Å². The van der Waals surface area contributed by atoms with Crippen LogP contribution in [0.1, 0.15) is 57.8 Å². The Labute approximate surface area is 105 Å². The average molecular weight is 232 g/mol. The molecule has 0 aromatic rings. The van der Waals surface area contributed by atoms with Crippen LogP contribution in [0.3, 0.4) is 0 Å². The number of nitrogens with one attached hydrogen (secondary N) is 1. The molecule has 0 amide bonds. The molecule has 2 atom stereocenters. The van der Waals surface area contributed by atoms with Crippen LogP contribution in [0.15, 0.2) is 11.6 Å². The highest BCUT2D eigenvalue weighted by atomic mass is 14.9. The molecule has 2 rings (SSSR count). The van der Waals surface area contributed by atoms with Gasteiger partial charge in [0.1, 0.15) is 0 Å². The summed E-state index contributed by atoms with van der Waals surface area (Å²) in [5.41, 5.74) is 1.63. The smallest absolute Gasteiger partial charge is 0.0672 e. The Bertz CT molecular complexity index is 301. The van der Waals surface area contributed by atoms with Crippen LogP contribution < -0.4 is 5.32 Å². The summed E-state index contributed by atoms with van der Waals surface area (Å²) in [5, 5.41) is 12.7. The molecular formula is C15H24N2. The maximum atomic E-state index is 9.11. The van der Waals surface area contributed by atoms with Gasteiger partial charge in [0, 0.05) is 6.04 Å². The van der Waals surface area contributed by atoms with Gasteiger partial charge in [-0.25, -0.2) is 0 Å². The average Bonchev–Trinajstić information content (AvgIpc) is 2.40. The van der Waals surface area contributed by atoms with E-state index in [1.807, 2.05) is 0 Å². The maximum Gasteiger partial charge on any atom is 0.0672 e. The molecule has 2 aliphatic rings. The fraction of sp³-hybridized carbons (Fsp3) is 0.800. The van der Waals surface area contributed by atoms with Gasteiger partial charge in [-0.15, -0.1) is 0 Å². The van der Waals surface area contributed by atoms with E-state index in [-0.39, 0.29) is 5.92 Å². The van der Waals surface area contributed by atoms with Crippen molar-refractivity contribution in [1.82, 2.24) is 5.32 Å². The van der Waals surface area contributed by atoms with Crippen LogP contribution in [0.5, 0.6) is 0 Å². The minimum absolute atomic E-state index is 0.254. The van der Waals surface area contributed by atoms with Gasteiger partial charge in [0.25, 0.3) is 0 Å². The Kier molecular flexibility index (Phi) is 5.07. The van der Waals surface area contributed by atoms with Gasteiger partial charge in [0.15, 0.2) is 0 Å². The number of nitrogens with zero attached hydrogens (tertiary/aromatic N) is 1. The minimum Gasteiger partial charge on any atom is -0.312 e. The van der Waals surface area contributed by atoms with Crippen molar-refractivity contribution in [3.8, 4) is 6.07 Å². The molecule has 2 heteroatoms. The summed E-state index contributed by atoms with van der Waals surface area (Å²) in [6.07, 6.45) is 13.7. The molecule has 2 nitrogen and oxygen atoms in total. The van der Waals surface area contributed by atoms with Gasteiger partial charge in [0.2, 0.25) is 0 Å². The molecular weight excluding hydrogens is 208 g/mol. The van der Waals surface area contributed by atoms with E-state index in [0.717, 1.165) is 13.0 Å². The molecule has 1 N–H and O–H groups in total. The molecule has 0 bridgehead atoms. The zero-order chi connectivity index (χ0) is 11.9. The molecule has 0 heterocycles.